The maximum absolute atomic E-state index is 12.5. The van der Waals surface area contributed by atoms with E-state index in [-0.39, 0.29) is 5.91 Å². The minimum atomic E-state index is 0.0474. The SMILES string of the molecule is COCCNCC(=O)N(Cc1ccccc1)c1ccccc1. The zero-order valence-electron chi connectivity index (χ0n) is 12.9. The predicted octanol–water partition coefficient (Wildman–Crippen LogP) is 2.46. The average molecular weight is 298 g/mol. The van der Waals surface area contributed by atoms with Crippen LogP contribution in [0.25, 0.3) is 0 Å². The van der Waals surface area contributed by atoms with Gasteiger partial charge in [0.2, 0.25) is 5.91 Å². The molecule has 0 atom stereocenters. The molecule has 1 N–H and O–H groups in total. The van der Waals surface area contributed by atoms with Crippen LogP contribution in [0.3, 0.4) is 0 Å². The number of ether oxygens (including phenoxy) is 1. The van der Waals surface area contributed by atoms with Crippen molar-refractivity contribution in [1.29, 1.82) is 0 Å². The van der Waals surface area contributed by atoms with Crippen molar-refractivity contribution in [2.24, 2.45) is 0 Å². The lowest BCUT2D eigenvalue weighted by Gasteiger charge is -2.23. The molecule has 0 saturated carbocycles. The van der Waals surface area contributed by atoms with E-state index in [1.54, 1.807) is 12.0 Å². The van der Waals surface area contributed by atoms with E-state index >= 15 is 0 Å². The van der Waals surface area contributed by atoms with Crippen molar-refractivity contribution >= 4 is 11.6 Å². The van der Waals surface area contributed by atoms with Crippen molar-refractivity contribution in [3.63, 3.8) is 0 Å². The average Bonchev–Trinajstić information content (AvgIpc) is 2.58. The normalized spacial score (nSPS) is 10.4. The highest BCUT2D eigenvalue weighted by Gasteiger charge is 2.15. The third-order valence-electron chi connectivity index (χ3n) is 3.31. The molecule has 0 unspecified atom stereocenters. The number of carbonyl (C=O) groups is 1. The van der Waals surface area contributed by atoms with Crippen LogP contribution in [0.15, 0.2) is 60.7 Å². The molecule has 2 aromatic carbocycles. The van der Waals surface area contributed by atoms with Gasteiger partial charge in [-0.05, 0) is 17.7 Å². The minimum absolute atomic E-state index is 0.0474. The second-order valence-corrected chi connectivity index (χ2v) is 4.97. The molecule has 4 heteroatoms. The Hall–Kier alpha value is -2.17. The van der Waals surface area contributed by atoms with Crippen molar-refractivity contribution in [1.82, 2.24) is 5.32 Å². The van der Waals surface area contributed by atoms with Crippen LogP contribution >= 0.6 is 0 Å². The second kappa shape index (κ2) is 8.97. The molecule has 0 radical (unpaired) electrons. The highest BCUT2D eigenvalue weighted by atomic mass is 16.5. The molecule has 4 nitrogen and oxygen atoms in total. The van der Waals surface area contributed by atoms with E-state index < -0.39 is 0 Å². The summed E-state index contributed by atoms with van der Waals surface area (Å²) < 4.78 is 4.98. The van der Waals surface area contributed by atoms with Crippen molar-refractivity contribution in [2.75, 3.05) is 31.7 Å². The first-order valence-electron chi connectivity index (χ1n) is 7.40. The van der Waals surface area contributed by atoms with E-state index in [0.717, 1.165) is 11.3 Å². The molecule has 22 heavy (non-hydrogen) atoms. The molecule has 1 amide bonds. The summed E-state index contributed by atoms with van der Waals surface area (Å²) in [6.45, 7) is 2.12. The van der Waals surface area contributed by atoms with E-state index in [2.05, 4.69) is 5.32 Å². The highest BCUT2D eigenvalue weighted by Crippen LogP contribution is 2.16. The summed E-state index contributed by atoms with van der Waals surface area (Å²) in [5.74, 6) is 0.0474. The smallest absolute Gasteiger partial charge is 0.241 e. The molecule has 0 aliphatic rings. The molecule has 2 aromatic rings. The van der Waals surface area contributed by atoms with Gasteiger partial charge in [0.25, 0.3) is 0 Å². The molecular formula is C18H22N2O2. The Bertz CT molecular complexity index is 558. The predicted molar refractivity (Wildman–Crippen MR) is 88.8 cm³/mol. The topological polar surface area (TPSA) is 41.6 Å². The lowest BCUT2D eigenvalue weighted by Crippen LogP contribution is -2.38. The Kier molecular flexibility index (Phi) is 6.61. The van der Waals surface area contributed by atoms with Crippen LogP contribution in [0.4, 0.5) is 5.69 Å². The fourth-order valence-corrected chi connectivity index (χ4v) is 2.16. The van der Waals surface area contributed by atoms with Gasteiger partial charge in [-0.25, -0.2) is 0 Å². The summed E-state index contributed by atoms with van der Waals surface area (Å²) in [7, 11) is 1.65. The molecule has 0 heterocycles. The van der Waals surface area contributed by atoms with Crippen molar-refractivity contribution in [2.45, 2.75) is 6.54 Å². The van der Waals surface area contributed by atoms with Crippen molar-refractivity contribution in [3.05, 3.63) is 66.2 Å². The van der Waals surface area contributed by atoms with Crippen molar-refractivity contribution in [3.8, 4) is 0 Å². The van der Waals surface area contributed by atoms with Gasteiger partial charge < -0.3 is 15.0 Å². The minimum Gasteiger partial charge on any atom is -0.383 e. The first-order chi connectivity index (χ1) is 10.8. The molecule has 0 bridgehead atoms. The Labute approximate surface area is 131 Å². The van der Waals surface area contributed by atoms with E-state index in [1.165, 1.54) is 0 Å². The van der Waals surface area contributed by atoms with Crippen LogP contribution in [0.5, 0.6) is 0 Å². The van der Waals surface area contributed by atoms with Crippen LogP contribution < -0.4 is 10.2 Å². The molecular weight excluding hydrogens is 276 g/mol. The summed E-state index contributed by atoms with van der Waals surface area (Å²) in [5, 5.41) is 3.11. The van der Waals surface area contributed by atoms with E-state index in [4.69, 9.17) is 4.74 Å². The lowest BCUT2D eigenvalue weighted by atomic mass is 10.2. The van der Waals surface area contributed by atoms with Gasteiger partial charge in [-0.15, -0.1) is 0 Å². The van der Waals surface area contributed by atoms with Crippen LogP contribution in [0.1, 0.15) is 5.56 Å². The number of hydrogen-bond acceptors (Lipinski definition) is 3. The summed E-state index contributed by atoms with van der Waals surface area (Å²) >= 11 is 0. The van der Waals surface area contributed by atoms with Gasteiger partial charge in [-0.2, -0.15) is 0 Å². The van der Waals surface area contributed by atoms with Crippen molar-refractivity contribution < 1.29 is 9.53 Å². The van der Waals surface area contributed by atoms with Gasteiger partial charge in [-0.3, -0.25) is 4.79 Å². The number of benzene rings is 2. The number of methoxy groups -OCH3 is 1. The second-order valence-electron chi connectivity index (χ2n) is 4.97. The van der Waals surface area contributed by atoms with Gasteiger partial charge in [0.05, 0.1) is 19.7 Å². The maximum Gasteiger partial charge on any atom is 0.241 e. The number of carbonyl (C=O) groups excluding carboxylic acids is 1. The molecule has 0 saturated heterocycles. The number of nitrogens with zero attached hydrogens (tertiary/aromatic N) is 1. The Morgan fingerprint density at radius 2 is 1.68 bits per heavy atom. The van der Waals surface area contributed by atoms with E-state index in [1.807, 2.05) is 60.7 Å². The fourth-order valence-electron chi connectivity index (χ4n) is 2.16. The van der Waals surface area contributed by atoms with Gasteiger partial charge in [-0.1, -0.05) is 48.5 Å². The number of anilines is 1. The quantitative estimate of drug-likeness (QED) is 0.761. The van der Waals surface area contributed by atoms with Gasteiger partial charge in [0.1, 0.15) is 0 Å². The summed E-state index contributed by atoms with van der Waals surface area (Å²) in [6, 6.07) is 19.8. The number of nitrogens with one attached hydrogen (secondary N) is 1. The molecule has 2 rings (SSSR count). The van der Waals surface area contributed by atoms with E-state index in [9.17, 15) is 4.79 Å². The van der Waals surface area contributed by atoms with Crippen LogP contribution in [-0.2, 0) is 16.1 Å². The Balaban J connectivity index is 2.06. The molecule has 0 spiro atoms. The van der Waals surface area contributed by atoms with Crippen LogP contribution in [-0.4, -0.2) is 32.7 Å². The van der Waals surface area contributed by atoms with Crippen LogP contribution in [0, 0.1) is 0 Å². The van der Waals surface area contributed by atoms with Gasteiger partial charge in [0, 0.05) is 19.3 Å². The summed E-state index contributed by atoms with van der Waals surface area (Å²) in [5.41, 5.74) is 2.02. The molecule has 0 fully saturated rings. The zero-order chi connectivity index (χ0) is 15.6. The monoisotopic (exact) mass is 298 g/mol. The number of hydrogen-bond donors (Lipinski definition) is 1. The number of amides is 1. The van der Waals surface area contributed by atoms with Gasteiger partial charge in [0.15, 0.2) is 0 Å². The molecule has 0 aromatic heterocycles. The standard InChI is InChI=1S/C18H22N2O2/c1-22-13-12-19-14-18(21)20(17-10-6-3-7-11-17)15-16-8-4-2-5-9-16/h2-11,19H,12-15H2,1H3. The first kappa shape index (κ1) is 16.2. The lowest BCUT2D eigenvalue weighted by molar-refractivity contribution is -0.118. The molecule has 0 aliphatic carbocycles. The molecule has 0 aliphatic heterocycles. The van der Waals surface area contributed by atoms with Gasteiger partial charge >= 0.3 is 0 Å². The van der Waals surface area contributed by atoms with E-state index in [0.29, 0.717) is 26.2 Å². The Morgan fingerprint density at radius 3 is 2.32 bits per heavy atom. The zero-order valence-corrected chi connectivity index (χ0v) is 12.9. The maximum atomic E-state index is 12.5. The number of rotatable bonds is 8. The summed E-state index contributed by atoms with van der Waals surface area (Å²) in [4.78, 5) is 14.3. The highest BCUT2D eigenvalue weighted by molar-refractivity contribution is 5.94. The van der Waals surface area contributed by atoms with Crippen LogP contribution in [0.2, 0.25) is 0 Å². The molecule has 116 valence electrons. The largest absolute Gasteiger partial charge is 0.383 e. The first-order valence-corrected chi connectivity index (χ1v) is 7.40. The number of para-hydroxylation sites is 1. The third-order valence-corrected chi connectivity index (χ3v) is 3.31. The fraction of sp³-hybridized carbons (Fsp3) is 0.278. The Morgan fingerprint density at radius 1 is 1.05 bits per heavy atom. The summed E-state index contributed by atoms with van der Waals surface area (Å²) in [6.07, 6.45) is 0. The third kappa shape index (κ3) is 4.98.